The van der Waals surface area contributed by atoms with Crippen molar-refractivity contribution in [2.45, 2.75) is 56.5 Å². The van der Waals surface area contributed by atoms with E-state index < -0.39 is 11.9 Å². The molecule has 1 atom stereocenters. The Bertz CT molecular complexity index is 880. The summed E-state index contributed by atoms with van der Waals surface area (Å²) >= 11 is 3.22. The molecule has 138 valence electrons. The molecule has 2 aromatic heterocycles. The van der Waals surface area contributed by atoms with Crippen molar-refractivity contribution >= 4 is 45.1 Å². The maximum Gasteiger partial charge on any atom is 0.240 e. The van der Waals surface area contributed by atoms with Gasteiger partial charge in [0, 0.05) is 16.8 Å². The van der Waals surface area contributed by atoms with Crippen LogP contribution in [0.5, 0.6) is 0 Å². The Labute approximate surface area is 160 Å². The lowest BCUT2D eigenvalue weighted by Crippen LogP contribution is -2.51. The third-order valence-corrected chi connectivity index (χ3v) is 7.27. The van der Waals surface area contributed by atoms with Crippen molar-refractivity contribution in [3.63, 3.8) is 0 Å². The summed E-state index contributed by atoms with van der Waals surface area (Å²) in [6, 6.07) is -0.464. The first kappa shape index (κ1) is 17.7. The maximum atomic E-state index is 12.7. The summed E-state index contributed by atoms with van der Waals surface area (Å²) in [4.78, 5) is 37.7. The van der Waals surface area contributed by atoms with E-state index in [0.717, 1.165) is 46.8 Å². The number of carbonyl (C=O) groups excluding carboxylic acids is 2. The molecular weight excluding hydrogens is 368 g/mol. The molecule has 2 amide bonds. The number of amides is 2. The van der Waals surface area contributed by atoms with E-state index in [1.807, 2.05) is 6.92 Å². The quantitative estimate of drug-likeness (QED) is 0.640. The minimum absolute atomic E-state index is 0.0326. The van der Waals surface area contributed by atoms with Crippen LogP contribution in [0.25, 0.3) is 10.2 Å². The summed E-state index contributed by atoms with van der Waals surface area (Å²) in [7, 11) is 0. The van der Waals surface area contributed by atoms with E-state index >= 15 is 0 Å². The van der Waals surface area contributed by atoms with Crippen molar-refractivity contribution in [2.75, 3.05) is 12.3 Å². The van der Waals surface area contributed by atoms with E-state index in [2.05, 4.69) is 9.97 Å². The van der Waals surface area contributed by atoms with Gasteiger partial charge in [-0.3, -0.25) is 9.59 Å². The number of hydrogen-bond acceptors (Lipinski definition) is 6. The van der Waals surface area contributed by atoms with Crippen molar-refractivity contribution in [3.8, 4) is 0 Å². The number of nitrogens with two attached hydrogens (primary N) is 1. The molecular formula is C18H22N4O2S2. The molecule has 0 unspecified atom stereocenters. The molecule has 0 spiro atoms. The number of fused-ring (bicyclic) bond motifs is 3. The van der Waals surface area contributed by atoms with Crippen molar-refractivity contribution < 1.29 is 9.59 Å². The van der Waals surface area contributed by atoms with Gasteiger partial charge in [0.2, 0.25) is 11.8 Å². The van der Waals surface area contributed by atoms with E-state index in [9.17, 15) is 9.59 Å². The number of aryl methyl sites for hydroxylation is 3. The second kappa shape index (κ2) is 7.15. The van der Waals surface area contributed by atoms with Crippen LogP contribution in [0, 0.1) is 6.92 Å². The van der Waals surface area contributed by atoms with Crippen LogP contribution in [0.15, 0.2) is 5.03 Å². The van der Waals surface area contributed by atoms with Gasteiger partial charge in [0.05, 0.1) is 5.75 Å². The lowest BCUT2D eigenvalue weighted by Gasteiger charge is -2.33. The van der Waals surface area contributed by atoms with Crippen molar-refractivity contribution in [3.05, 3.63) is 16.3 Å². The summed E-state index contributed by atoms with van der Waals surface area (Å²) in [6.07, 6.45) is 5.90. The number of primary amides is 1. The second-order valence-electron chi connectivity index (χ2n) is 6.90. The molecule has 1 aliphatic carbocycles. The lowest BCUT2D eigenvalue weighted by atomic mass is 10.0. The van der Waals surface area contributed by atoms with Gasteiger partial charge >= 0.3 is 0 Å². The Morgan fingerprint density at radius 3 is 2.92 bits per heavy atom. The van der Waals surface area contributed by atoms with E-state index in [1.165, 1.54) is 28.6 Å². The topological polar surface area (TPSA) is 89.2 Å². The van der Waals surface area contributed by atoms with Gasteiger partial charge in [-0.15, -0.1) is 11.3 Å². The van der Waals surface area contributed by atoms with Gasteiger partial charge in [0.25, 0.3) is 0 Å². The fourth-order valence-electron chi connectivity index (χ4n) is 3.91. The Hall–Kier alpha value is -1.67. The Morgan fingerprint density at radius 1 is 1.27 bits per heavy atom. The first-order chi connectivity index (χ1) is 12.5. The molecule has 0 aromatic carbocycles. The molecule has 2 N–H and O–H groups in total. The van der Waals surface area contributed by atoms with Gasteiger partial charge in [0.1, 0.15) is 21.7 Å². The zero-order valence-electron chi connectivity index (χ0n) is 14.8. The van der Waals surface area contributed by atoms with Crippen LogP contribution in [0.3, 0.4) is 0 Å². The highest BCUT2D eigenvalue weighted by atomic mass is 32.2. The van der Waals surface area contributed by atoms with E-state index in [4.69, 9.17) is 5.73 Å². The molecule has 2 aromatic rings. The highest BCUT2D eigenvalue weighted by Gasteiger charge is 2.31. The monoisotopic (exact) mass is 390 g/mol. The number of rotatable bonds is 4. The highest BCUT2D eigenvalue weighted by Crippen LogP contribution is 2.40. The zero-order valence-corrected chi connectivity index (χ0v) is 16.4. The third kappa shape index (κ3) is 3.20. The Kier molecular flexibility index (Phi) is 4.88. The van der Waals surface area contributed by atoms with Crippen LogP contribution in [0.1, 0.15) is 41.9 Å². The third-order valence-electron chi connectivity index (χ3n) is 5.13. The van der Waals surface area contributed by atoms with Crippen LogP contribution in [0.2, 0.25) is 0 Å². The molecule has 0 saturated carbocycles. The van der Waals surface area contributed by atoms with Gasteiger partial charge in [-0.05, 0) is 51.0 Å². The van der Waals surface area contributed by atoms with E-state index in [0.29, 0.717) is 13.0 Å². The SMILES string of the molecule is Cc1nc(SCC(=O)N2CCCC[C@@H]2C(N)=O)c2c3c(sc2n1)CCC3. The van der Waals surface area contributed by atoms with Crippen molar-refractivity contribution in [2.24, 2.45) is 5.73 Å². The molecule has 0 radical (unpaired) electrons. The number of piperidine rings is 1. The molecule has 2 aliphatic rings. The minimum atomic E-state index is -0.464. The number of carbonyl (C=O) groups is 2. The van der Waals surface area contributed by atoms with Crippen LogP contribution >= 0.6 is 23.1 Å². The predicted octanol–water partition coefficient (Wildman–Crippen LogP) is 2.45. The highest BCUT2D eigenvalue weighted by molar-refractivity contribution is 8.00. The smallest absolute Gasteiger partial charge is 0.240 e. The average molecular weight is 391 g/mol. The fraction of sp³-hybridized carbons (Fsp3) is 0.556. The molecule has 1 saturated heterocycles. The lowest BCUT2D eigenvalue weighted by molar-refractivity contribution is -0.138. The summed E-state index contributed by atoms with van der Waals surface area (Å²) in [5, 5.41) is 2.03. The molecule has 4 rings (SSSR count). The van der Waals surface area contributed by atoms with Crippen molar-refractivity contribution in [1.29, 1.82) is 0 Å². The summed E-state index contributed by atoms with van der Waals surface area (Å²) in [5.41, 5.74) is 6.85. The number of hydrogen-bond donors (Lipinski definition) is 1. The number of likely N-dealkylation sites (tertiary alicyclic amines) is 1. The molecule has 8 heteroatoms. The number of aromatic nitrogens is 2. The fourth-order valence-corrected chi connectivity index (χ4v) is 6.27. The molecule has 0 bridgehead atoms. The number of thiophene rings is 1. The molecule has 1 aliphatic heterocycles. The van der Waals surface area contributed by atoms with Gasteiger partial charge in [0.15, 0.2) is 0 Å². The van der Waals surface area contributed by atoms with Gasteiger partial charge in [-0.2, -0.15) is 0 Å². The predicted molar refractivity (Wildman–Crippen MR) is 103 cm³/mol. The van der Waals surface area contributed by atoms with Crippen LogP contribution in [-0.2, 0) is 22.4 Å². The van der Waals surface area contributed by atoms with Gasteiger partial charge < -0.3 is 10.6 Å². The summed E-state index contributed by atoms with van der Waals surface area (Å²) < 4.78 is 0. The largest absolute Gasteiger partial charge is 0.368 e. The number of thioether (sulfide) groups is 1. The summed E-state index contributed by atoms with van der Waals surface area (Å²) in [5.74, 6) is 0.578. The molecule has 3 heterocycles. The first-order valence-electron chi connectivity index (χ1n) is 9.05. The summed E-state index contributed by atoms with van der Waals surface area (Å²) in [6.45, 7) is 2.50. The first-order valence-corrected chi connectivity index (χ1v) is 10.9. The van der Waals surface area contributed by atoms with Crippen LogP contribution in [-0.4, -0.2) is 45.0 Å². The normalized spacial score (nSPS) is 19.7. The maximum absolute atomic E-state index is 12.7. The van der Waals surface area contributed by atoms with Crippen LogP contribution in [0.4, 0.5) is 0 Å². The van der Waals surface area contributed by atoms with Crippen molar-refractivity contribution in [1.82, 2.24) is 14.9 Å². The van der Waals surface area contributed by atoms with Gasteiger partial charge in [-0.1, -0.05) is 11.8 Å². The molecule has 6 nitrogen and oxygen atoms in total. The molecule has 1 fully saturated rings. The number of nitrogens with zero attached hydrogens (tertiary/aromatic N) is 3. The van der Waals surface area contributed by atoms with E-state index in [1.54, 1.807) is 16.2 Å². The Morgan fingerprint density at radius 2 is 2.12 bits per heavy atom. The minimum Gasteiger partial charge on any atom is -0.368 e. The average Bonchev–Trinajstić information content (AvgIpc) is 3.19. The van der Waals surface area contributed by atoms with Gasteiger partial charge in [-0.25, -0.2) is 9.97 Å². The molecule has 26 heavy (non-hydrogen) atoms. The second-order valence-corrected chi connectivity index (χ2v) is 8.95. The zero-order chi connectivity index (χ0) is 18.3. The standard InChI is InChI=1S/C18H22N4O2S2/c1-10-20-17(15-11-5-4-7-13(11)26-18(15)21-10)25-9-14(23)22-8-3-2-6-12(22)16(19)24/h12H,2-9H2,1H3,(H2,19,24)/t12-/m1/s1. The Balaban J connectivity index is 1.56. The van der Waals surface area contributed by atoms with Crippen LogP contribution < -0.4 is 5.73 Å². The van der Waals surface area contributed by atoms with E-state index in [-0.39, 0.29) is 11.7 Å².